The third-order valence-electron chi connectivity index (χ3n) is 7.15. The number of benzene rings is 2. The Morgan fingerprint density at radius 3 is 2.20 bits per heavy atom. The quantitative estimate of drug-likeness (QED) is 0.274. The summed E-state index contributed by atoms with van der Waals surface area (Å²) >= 11 is 0. The van der Waals surface area contributed by atoms with E-state index in [2.05, 4.69) is 17.6 Å². The molecule has 0 bridgehead atoms. The molecule has 0 radical (unpaired) electrons. The van der Waals surface area contributed by atoms with Gasteiger partial charge in [-0.2, -0.15) is 0 Å². The van der Waals surface area contributed by atoms with Crippen molar-refractivity contribution in [3.63, 3.8) is 0 Å². The first kappa shape index (κ1) is 32.9. The highest BCUT2D eigenvalue weighted by molar-refractivity contribution is 5.92. The van der Waals surface area contributed by atoms with Crippen LogP contribution in [0.4, 0.5) is 4.79 Å². The summed E-state index contributed by atoms with van der Waals surface area (Å²) in [6, 6.07) is 13.9. The van der Waals surface area contributed by atoms with Crippen LogP contribution in [0.2, 0.25) is 0 Å². The predicted molar refractivity (Wildman–Crippen MR) is 161 cm³/mol. The molecule has 0 saturated carbocycles. The first-order chi connectivity index (χ1) is 18.9. The Bertz CT molecular complexity index is 1110. The molecule has 2 aromatic rings. The Kier molecular flexibility index (Phi) is 12.7. The fourth-order valence-corrected chi connectivity index (χ4v) is 4.48. The van der Waals surface area contributed by atoms with Crippen LogP contribution in [0.15, 0.2) is 48.5 Å². The maximum Gasteiger partial charge on any atom is 0.408 e. The zero-order chi connectivity index (χ0) is 29.9. The highest BCUT2D eigenvalue weighted by Gasteiger charge is 2.38. The fourth-order valence-electron chi connectivity index (χ4n) is 4.48. The van der Waals surface area contributed by atoms with Crippen molar-refractivity contribution >= 4 is 17.9 Å². The van der Waals surface area contributed by atoms with Crippen molar-refractivity contribution in [2.75, 3.05) is 6.54 Å². The monoisotopic (exact) mass is 551 g/mol. The summed E-state index contributed by atoms with van der Waals surface area (Å²) in [6.07, 6.45) is 2.67. The molecule has 0 aliphatic carbocycles. The second-order valence-electron chi connectivity index (χ2n) is 11.7. The summed E-state index contributed by atoms with van der Waals surface area (Å²) in [4.78, 5) is 42.8. The van der Waals surface area contributed by atoms with Gasteiger partial charge in [0.25, 0.3) is 0 Å². The van der Waals surface area contributed by atoms with Crippen LogP contribution in [-0.4, -0.2) is 41.0 Å². The number of carbonyl (C=O) groups excluding carboxylic acids is 3. The van der Waals surface area contributed by atoms with Crippen LogP contribution in [-0.2, 0) is 20.9 Å². The maximum absolute atomic E-state index is 14.4. The van der Waals surface area contributed by atoms with Crippen LogP contribution in [0.25, 0.3) is 0 Å². The SMILES string of the molecule is CCCCCN(C(=O)C(NC(=O)OC(C)(C)C)C(C)CC)C(C(=O)NCc1ccccc1)c1ccc(C)c(C)c1. The standard InChI is InChI=1S/C33H49N3O4/c1-9-11-15-20-36(31(38)28(23(3)10-2)35-32(39)40-33(6,7)8)29(27-19-18-24(4)25(5)21-27)30(37)34-22-26-16-13-12-14-17-26/h12-14,16-19,21,23,28-29H,9-11,15,20,22H2,1-8H3,(H,34,37)(H,35,39). The Balaban J connectivity index is 2.52. The number of amides is 3. The van der Waals surface area contributed by atoms with Crippen molar-refractivity contribution in [2.24, 2.45) is 5.92 Å². The number of unbranched alkanes of at least 4 members (excludes halogenated alkanes) is 2. The summed E-state index contributed by atoms with van der Waals surface area (Å²) in [5.41, 5.74) is 3.18. The minimum atomic E-state index is -0.848. The van der Waals surface area contributed by atoms with Gasteiger partial charge in [-0.15, -0.1) is 0 Å². The van der Waals surface area contributed by atoms with E-state index in [0.717, 1.165) is 41.5 Å². The lowest BCUT2D eigenvalue weighted by molar-refractivity contribution is -0.143. The average molecular weight is 552 g/mol. The largest absolute Gasteiger partial charge is 0.444 e. The molecule has 0 spiro atoms. The molecule has 3 amide bonds. The number of hydrogen-bond donors (Lipinski definition) is 2. The molecule has 3 atom stereocenters. The van der Waals surface area contributed by atoms with Crippen molar-refractivity contribution in [3.05, 3.63) is 70.8 Å². The van der Waals surface area contributed by atoms with Crippen molar-refractivity contribution in [2.45, 2.75) is 105 Å². The number of hydrogen-bond acceptors (Lipinski definition) is 4. The molecule has 40 heavy (non-hydrogen) atoms. The lowest BCUT2D eigenvalue weighted by Gasteiger charge is -2.36. The predicted octanol–water partition coefficient (Wildman–Crippen LogP) is 6.62. The van der Waals surface area contributed by atoms with Crippen LogP contribution < -0.4 is 10.6 Å². The zero-order valence-corrected chi connectivity index (χ0v) is 25.7. The van der Waals surface area contributed by atoms with Crippen LogP contribution in [0, 0.1) is 19.8 Å². The molecule has 0 aliphatic heterocycles. The number of rotatable bonds is 13. The van der Waals surface area contributed by atoms with E-state index in [9.17, 15) is 14.4 Å². The molecule has 2 N–H and O–H groups in total. The van der Waals surface area contributed by atoms with Crippen molar-refractivity contribution in [1.29, 1.82) is 0 Å². The van der Waals surface area contributed by atoms with Crippen LogP contribution in [0.5, 0.6) is 0 Å². The number of nitrogens with one attached hydrogen (secondary N) is 2. The topological polar surface area (TPSA) is 87.7 Å². The number of carbonyl (C=O) groups is 3. The molecular formula is C33H49N3O4. The molecule has 0 saturated heterocycles. The van der Waals surface area contributed by atoms with Crippen LogP contribution in [0.3, 0.4) is 0 Å². The minimum Gasteiger partial charge on any atom is -0.444 e. The van der Waals surface area contributed by atoms with E-state index in [1.807, 2.05) is 76.2 Å². The number of ether oxygens (including phenoxy) is 1. The number of aryl methyl sites for hydroxylation is 2. The van der Waals surface area contributed by atoms with Gasteiger partial charge in [0, 0.05) is 13.1 Å². The van der Waals surface area contributed by atoms with E-state index in [1.165, 1.54) is 0 Å². The second kappa shape index (κ2) is 15.4. The Morgan fingerprint density at radius 1 is 0.950 bits per heavy atom. The van der Waals surface area contributed by atoms with Gasteiger partial charge in [-0.05, 0) is 69.2 Å². The van der Waals surface area contributed by atoms with Gasteiger partial charge in [0.2, 0.25) is 11.8 Å². The van der Waals surface area contributed by atoms with Gasteiger partial charge in [0.15, 0.2) is 0 Å². The molecule has 7 nitrogen and oxygen atoms in total. The van der Waals surface area contributed by atoms with Gasteiger partial charge in [-0.3, -0.25) is 9.59 Å². The van der Waals surface area contributed by atoms with Gasteiger partial charge in [0.1, 0.15) is 17.7 Å². The van der Waals surface area contributed by atoms with Crippen LogP contribution >= 0.6 is 0 Å². The first-order valence-electron chi connectivity index (χ1n) is 14.6. The van der Waals surface area contributed by atoms with E-state index in [4.69, 9.17) is 4.74 Å². The first-order valence-corrected chi connectivity index (χ1v) is 14.6. The molecule has 2 aromatic carbocycles. The Labute approximate surface area is 241 Å². The van der Waals surface area contributed by atoms with E-state index >= 15 is 0 Å². The van der Waals surface area contributed by atoms with Gasteiger partial charge in [-0.1, -0.05) is 88.6 Å². The third-order valence-corrected chi connectivity index (χ3v) is 7.15. The van der Waals surface area contributed by atoms with E-state index in [0.29, 0.717) is 19.5 Å². The molecule has 7 heteroatoms. The molecule has 0 aliphatic rings. The van der Waals surface area contributed by atoms with Crippen molar-refractivity contribution < 1.29 is 19.1 Å². The van der Waals surface area contributed by atoms with Crippen molar-refractivity contribution in [1.82, 2.24) is 15.5 Å². The lowest BCUT2D eigenvalue weighted by Crippen LogP contribution is -2.55. The molecule has 0 fully saturated rings. The lowest BCUT2D eigenvalue weighted by atomic mass is 9.94. The van der Waals surface area contributed by atoms with Gasteiger partial charge >= 0.3 is 6.09 Å². The molecule has 0 aromatic heterocycles. The molecule has 3 unspecified atom stereocenters. The van der Waals surface area contributed by atoms with Gasteiger partial charge < -0.3 is 20.3 Å². The minimum absolute atomic E-state index is 0.165. The highest BCUT2D eigenvalue weighted by atomic mass is 16.6. The molecule has 220 valence electrons. The number of nitrogens with zero attached hydrogens (tertiary/aromatic N) is 1. The maximum atomic E-state index is 14.4. The van der Waals surface area contributed by atoms with E-state index in [1.54, 1.807) is 25.7 Å². The zero-order valence-electron chi connectivity index (χ0n) is 25.7. The normalized spacial score (nSPS) is 13.6. The summed E-state index contributed by atoms with van der Waals surface area (Å²) in [5.74, 6) is -0.701. The van der Waals surface area contributed by atoms with E-state index < -0.39 is 23.8 Å². The average Bonchev–Trinajstić information content (AvgIpc) is 2.90. The molecule has 2 rings (SSSR count). The summed E-state index contributed by atoms with van der Waals surface area (Å²) in [6.45, 7) is 16.2. The number of alkyl carbamates (subject to hydrolysis) is 1. The van der Waals surface area contributed by atoms with E-state index in [-0.39, 0.29) is 17.7 Å². The smallest absolute Gasteiger partial charge is 0.408 e. The summed E-state index contributed by atoms with van der Waals surface area (Å²) in [7, 11) is 0. The van der Waals surface area contributed by atoms with Crippen LogP contribution in [0.1, 0.15) is 95.5 Å². The molecule has 0 heterocycles. The highest BCUT2D eigenvalue weighted by Crippen LogP contribution is 2.27. The third kappa shape index (κ3) is 10.00. The molecular weight excluding hydrogens is 502 g/mol. The second-order valence-corrected chi connectivity index (χ2v) is 11.7. The fraction of sp³-hybridized carbons (Fsp3) is 0.545. The Morgan fingerprint density at radius 2 is 1.62 bits per heavy atom. The van der Waals surface area contributed by atoms with Gasteiger partial charge in [-0.25, -0.2) is 4.79 Å². The summed E-state index contributed by atoms with van der Waals surface area (Å²) < 4.78 is 5.50. The summed E-state index contributed by atoms with van der Waals surface area (Å²) in [5, 5.41) is 5.90. The van der Waals surface area contributed by atoms with Gasteiger partial charge in [0.05, 0.1) is 0 Å². The van der Waals surface area contributed by atoms with Crippen molar-refractivity contribution in [3.8, 4) is 0 Å². The Hall–Kier alpha value is -3.35.